The van der Waals surface area contributed by atoms with Crippen LogP contribution in [0.2, 0.25) is 0 Å². The van der Waals surface area contributed by atoms with Gasteiger partial charge in [0.25, 0.3) is 5.79 Å². The summed E-state index contributed by atoms with van der Waals surface area (Å²) in [7, 11) is 1.93. The number of nitrogens with one attached hydrogen (secondary N) is 1. The third kappa shape index (κ3) is 3.80. The minimum atomic E-state index is -0.484. The number of hydrogen-bond acceptors (Lipinski definition) is 6. The molecule has 1 aromatic heterocycles. The molecule has 0 atom stereocenters. The fourth-order valence-corrected chi connectivity index (χ4v) is 5.06. The number of fused-ring (bicyclic) bond motifs is 2. The van der Waals surface area contributed by atoms with Crippen LogP contribution in [0.5, 0.6) is 11.5 Å². The maximum atomic E-state index is 12.5. The molecule has 5 rings (SSSR count). The van der Waals surface area contributed by atoms with E-state index in [-0.39, 0.29) is 12.5 Å². The summed E-state index contributed by atoms with van der Waals surface area (Å²) in [5, 5.41) is 3.97. The van der Waals surface area contributed by atoms with Crippen molar-refractivity contribution in [3.05, 3.63) is 47.5 Å². The molecular formula is C22H23N3O3S. The standard InChI is InChI=1S/C22H23N3O3S/c1-25(14-21-24-16-6-2-3-7-19(16)29-21)13-20(26)23-15-8-9-17-18(12-15)28-22(27-17)10-4-5-11-22/h2-3,6-9,12H,4-5,10-11,13-14H2,1H3,(H,23,26). The molecule has 150 valence electrons. The van der Waals surface area contributed by atoms with Crippen LogP contribution in [0.25, 0.3) is 10.2 Å². The van der Waals surface area contributed by atoms with E-state index in [0.717, 1.165) is 47.6 Å². The van der Waals surface area contributed by atoms with Crippen molar-refractivity contribution >= 4 is 33.1 Å². The molecule has 0 radical (unpaired) electrons. The molecule has 2 heterocycles. The highest BCUT2D eigenvalue weighted by atomic mass is 32.1. The number of nitrogens with zero attached hydrogens (tertiary/aromatic N) is 2. The van der Waals surface area contributed by atoms with Gasteiger partial charge in [0.1, 0.15) is 5.01 Å². The van der Waals surface area contributed by atoms with Crippen LogP contribution in [-0.4, -0.2) is 35.2 Å². The number of thiazole rings is 1. The van der Waals surface area contributed by atoms with Crippen LogP contribution in [0.3, 0.4) is 0 Å². The molecule has 3 aromatic rings. The van der Waals surface area contributed by atoms with Crippen molar-refractivity contribution in [1.82, 2.24) is 9.88 Å². The summed E-state index contributed by atoms with van der Waals surface area (Å²) in [4.78, 5) is 19.1. The normalized spacial score (nSPS) is 16.8. The molecule has 1 aliphatic carbocycles. The Bertz CT molecular complexity index is 1030. The number of hydrogen-bond donors (Lipinski definition) is 1. The Kier molecular flexibility index (Phi) is 4.64. The number of ether oxygens (including phenoxy) is 2. The van der Waals surface area contributed by atoms with Crippen molar-refractivity contribution in [2.24, 2.45) is 0 Å². The van der Waals surface area contributed by atoms with E-state index in [9.17, 15) is 4.79 Å². The van der Waals surface area contributed by atoms with Gasteiger partial charge in [-0.1, -0.05) is 12.1 Å². The summed E-state index contributed by atoms with van der Waals surface area (Å²) in [5.41, 5.74) is 1.73. The Labute approximate surface area is 173 Å². The third-order valence-electron chi connectivity index (χ3n) is 5.34. The van der Waals surface area contributed by atoms with Crippen molar-refractivity contribution in [2.75, 3.05) is 18.9 Å². The van der Waals surface area contributed by atoms with Crippen molar-refractivity contribution in [1.29, 1.82) is 0 Å². The Hall–Kier alpha value is -2.64. The molecule has 2 aliphatic rings. The molecule has 2 aromatic carbocycles. The van der Waals surface area contributed by atoms with Crippen molar-refractivity contribution in [2.45, 2.75) is 38.0 Å². The van der Waals surface area contributed by atoms with E-state index in [2.05, 4.69) is 16.4 Å². The Morgan fingerprint density at radius 3 is 2.79 bits per heavy atom. The van der Waals surface area contributed by atoms with Crippen molar-refractivity contribution in [3.8, 4) is 11.5 Å². The van der Waals surface area contributed by atoms with Gasteiger partial charge in [0, 0.05) is 24.6 Å². The van der Waals surface area contributed by atoms with Crippen LogP contribution < -0.4 is 14.8 Å². The average Bonchev–Trinajstić information content (AvgIpc) is 3.39. The molecule has 1 fully saturated rings. The van der Waals surface area contributed by atoms with Crippen molar-refractivity contribution < 1.29 is 14.3 Å². The van der Waals surface area contributed by atoms with E-state index in [0.29, 0.717) is 12.3 Å². The van der Waals surface area contributed by atoms with Crippen LogP contribution >= 0.6 is 11.3 Å². The first-order chi connectivity index (χ1) is 14.1. The molecule has 1 N–H and O–H groups in total. The fourth-order valence-electron chi connectivity index (χ4n) is 4.01. The van der Waals surface area contributed by atoms with Gasteiger partial charge in [-0.3, -0.25) is 9.69 Å². The number of aromatic nitrogens is 1. The van der Waals surface area contributed by atoms with Gasteiger partial charge in [-0.15, -0.1) is 11.3 Å². The maximum Gasteiger partial charge on any atom is 0.251 e. The van der Waals surface area contributed by atoms with Crippen LogP contribution in [0.15, 0.2) is 42.5 Å². The van der Waals surface area contributed by atoms with E-state index in [1.54, 1.807) is 11.3 Å². The highest BCUT2D eigenvalue weighted by Gasteiger charge is 2.44. The molecule has 1 spiro atoms. The van der Waals surface area contributed by atoms with Gasteiger partial charge in [0.2, 0.25) is 5.91 Å². The SMILES string of the molecule is CN(CC(=O)Nc1ccc2c(c1)OC1(CCCC1)O2)Cc1nc2ccccc2s1. The van der Waals surface area contributed by atoms with Gasteiger partial charge < -0.3 is 14.8 Å². The Balaban J connectivity index is 1.19. The van der Waals surface area contributed by atoms with Gasteiger partial charge in [0.15, 0.2) is 11.5 Å². The van der Waals surface area contributed by atoms with Gasteiger partial charge in [-0.2, -0.15) is 0 Å². The van der Waals surface area contributed by atoms with E-state index >= 15 is 0 Å². The molecule has 29 heavy (non-hydrogen) atoms. The third-order valence-corrected chi connectivity index (χ3v) is 6.36. The lowest BCUT2D eigenvalue weighted by Crippen LogP contribution is -2.34. The van der Waals surface area contributed by atoms with Crippen LogP contribution in [0.4, 0.5) is 5.69 Å². The predicted octanol–water partition coefficient (Wildman–Crippen LogP) is 4.41. The number of amides is 1. The number of benzene rings is 2. The van der Waals surface area contributed by atoms with E-state index in [1.807, 2.05) is 48.3 Å². The monoisotopic (exact) mass is 409 g/mol. The lowest BCUT2D eigenvalue weighted by molar-refractivity contribution is -0.117. The summed E-state index contributed by atoms with van der Waals surface area (Å²) >= 11 is 1.66. The minimum absolute atomic E-state index is 0.0666. The summed E-state index contributed by atoms with van der Waals surface area (Å²) < 4.78 is 13.3. The predicted molar refractivity (Wildman–Crippen MR) is 113 cm³/mol. The van der Waals surface area contributed by atoms with Gasteiger partial charge in [-0.05, 0) is 44.2 Å². The Morgan fingerprint density at radius 1 is 1.17 bits per heavy atom. The summed E-state index contributed by atoms with van der Waals surface area (Å²) in [6, 6.07) is 13.7. The highest BCUT2D eigenvalue weighted by molar-refractivity contribution is 7.18. The number of para-hydroxylation sites is 1. The maximum absolute atomic E-state index is 12.5. The fraction of sp³-hybridized carbons (Fsp3) is 0.364. The molecule has 0 bridgehead atoms. The molecule has 1 aliphatic heterocycles. The van der Waals surface area contributed by atoms with Gasteiger partial charge in [0.05, 0.1) is 23.3 Å². The molecule has 7 heteroatoms. The van der Waals surface area contributed by atoms with Crippen molar-refractivity contribution in [3.63, 3.8) is 0 Å². The van der Waals surface area contributed by atoms with E-state index in [4.69, 9.17) is 9.47 Å². The lowest BCUT2D eigenvalue weighted by atomic mass is 10.2. The van der Waals surface area contributed by atoms with Gasteiger partial charge in [-0.25, -0.2) is 4.98 Å². The topological polar surface area (TPSA) is 63.7 Å². The second kappa shape index (κ2) is 7.31. The molecule has 6 nitrogen and oxygen atoms in total. The first-order valence-electron chi connectivity index (χ1n) is 9.94. The van der Waals surface area contributed by atoms with E-state index in [1.165, 1.54) is 4.70 Å². The number of carbonyl (C=O) groups excluding carboxylic acids is 1. The molecule has 1 amide bonds. The lowest BCUT2D eigenvalue weighted by Gasteiger charge is -2.21. The Morgan fingerprint density at radius 2 is 1.97 bits per heavy atom. The number of likely N-dealkylation sites (N-methyl/N-ethyl adjacent to an activating group) is 1. The minimum Gasteiger partial charge on any atom is -0.448 e. The smallest absolute Gasteiger partial charge is 0.251 e. The van der Waals surface area contributed by atoms with E-state index < -0.39 is 5.79 Å². The number of carbonyl (C=O) groups is 1. The average molecular weight is 410 g/mol. The van der Waals surface area contributed by atoms with Crippen LogP contribution in [0.1, 0.15) is 30.7 Å². The molecule has 1 saturated carbocycles. The highest BCUT2D eigenvalue weighted by Crippen LogP contribution is 2.47. The quantitative estimate of drug-likeness (QED) is 0.676. The zero-order valence-corrected chi connectivity index (χ0v) is 17.1. The second-order valence-corrected chi connectivity index (χ2v) is 8.89. The van der Waals surface area contributed by atoms with Gasteiger partial charge >= 0.3 is 0 Å². The molecular weight excluding hydrogens is 386 g/mol. The summed E-state index contributed by atoms with van der Waals surface area (Å²) in [5.74, 6) is 0.927. The molecule has 0 saturated heterocycles. The number of anilines is 1. The summed E-state index contributed by atoms with van der Waals surface area (Å²) in [6.45, 7) is 0.921. The van der Waals surface area contributed by atoms with Crippen LogP contribution in [0, 0.1) is 0 Å². The first kappa shape index (κ1) is 18.4. The number of rotatable bonds is 5. The second-order valence-electron chi connectivity index (χ2n) is 7.78. The molecule has 0 unspecified atom stereocenters. The zero-order valence-electron chi connectivity index (χ0n) is 16.3. The summed E-state index contributed by atoms with van der Waals surface area (Å²) in [6.07, 6.45) is 4.08. The first-order valence-corrected chi connectivity index (χ1v) is 10.8. The van der Waals surface area contributed by atoms with Crippen LogP contribution in [-0.2, 0) is 11.3 Å². The zero-order chi connectivity index (χ0) is 19.8. The largest absolute Gasteiger partial charge is 0.448 e.